The van der Waals surface area contributed by atoms with Crippen LogP contribution in [0.4, 0.5) is 18.9 Å². The first-order valence-electron chi connectivity index (χ1n) is 14.8. The van der Waals surface area contributed by atoms with Gasteiger partial charge in [0.05, 0.1) is 11.8 Å². The van der Waals surface area contributed by atoms with Gasteiger partial charge in [0.25, 0.3) is 5.91 Å². The number of fused-ring (bicyclic) bond motifs is 1. The van der Waals surface area contributed by atoms with Gasteiger partial charge in [-0.1, -0.05) is 18.1 Å². The molecule has 0 aliphatic carbocycles. The van der Waals surface area contributed by atoms with Crippen molar-refractivity contribution in [2.75, 3.05) is 38.4 Å². The number of carbonyl (C=O) groups excluding carboxylic acids is 1. The zero-order valence-corrected chi connectivity index (χ0v) is 21.0. The second-order valence-corrected chi connectivity index (χ2v) is 8.77. The Bertz CT molecular complexity index is 1830. The lowest BCUT2D eigenvalue weighted by Crippen LogP contribution is -2.44. The quantitative estimate of drug-likeness (QED) is 0.389. The van der Waals surface area contributed by atoms with Gasteiger partial charge in [0.2, 0.25) is 0 Å². The molecule has 4 aromatic rings. The number of aromatic nitrogens is 3. The van der Waals surface area contributed by atoms with Crippen LogP contribution in [-0.4, -0.2) is 63.4 Å². The highest BCUT2D eigenvalue weighted by Crippen LogP contribution is 2.34. The number of piperazine rings is 1. The average Bonchev–Trinajstić information content (AvgIpc) is 3.37. The summed E-state index contributed by atoms with van der Waals surface area (Å²) in [7, 11) is 1.19. The fourth-order valence-corrected chi connectivity index (χ4v) is 3.85. The number of likely N-dealkylation sites (N-methyl/N-ethyl adjacent to an activating group) is 1. The number of hydrogen-bond acceptors (Lipinski definition) is 5. The molecule has 3 heterocycles. The van der Waals surface area contributed by atoms with E-state index < -0.39 is 55.8 Å². The number of nitrogens with zero attached hydrogens (tertiary/aromatic N) is 5. The molecule has 10 heteroatoms. The van der Waals surface area contributed by atoms with Crippen LogP contribution < -0.4 is 5.32 Å². The van der Waals surface area contributed by atoms with Gasteiger partial charge in [0.15, 0.2) is 5.65 Å². The first-order valence-corrected chi connectivity index (χ1v) is 11.8. The van der Waals surface area contributed by atoms with E-state index in [0.29, 0.717) is 27.9 Å². The highest BCUT2D eigenvalue weighted by molar-refractivity contribution is 6.04. The standard InChI is InChI=1S/C29H27F3N6O/c1-20-5-6-22(16-21(20)8-10-25-18-33-27-4-3-11-34-38(25)27)28(39)35-24-9-7-23(26(17-24)29(30,31)32)19-37-14-12-36(2)13-15-37/h3-7,9,11,16-18H,12-15,19H2,1-2H3,(H,35,39)/i12D2,13D2,19D2. The third-order valence-electron chi connectivity index (χ3n) is 5.96. The Hall–Kier alpha value is -4.20. The van der Waals surface area contributed by atoms with Gasteiger partial charge < -0.3 is 10.2 Å². The Labute approximate surface area is 232 Å². The van der Waals surface area contributed by atoms with E-state index in [4.69, 9.17) is 8.22 Å². The molecule has 1 fully saturated rings. The molecule has 1 aliphatic rings. The van der Waals surface area contributed by atoms with E-state index in [1.165, 1.54) is 19.2 Å². The van der Waals surface area contributed by atoms with Gasteiger partial charge in [0, 0.05) is 63.8 Å². The average molecular weight is 539 g/mol. The van der Waals surface area contributed by atoms with E-state index in [9.17, 15) is 18.0 Å². The first-order chi connectivity index (χ1) is 20.9. The predicted molar refractivity (Wildman–Crippen MR) is 142 cm³/mol. The van der Waals surface area contributed by atoms with Gasteiger partial charge in [0.1, 0.15) is 5.69 Å². The van der Waals surface area contributed by atoms with E-state index in [-0.39, 0.29) is 11.3 Å². The summed E-state index contributed by atoms with van der Waals surface area (Å²) in [5.74, 6) is 5.23. The van der Waals surface area contributed by atoms with Crippen molar-refractivity contribution in [3.05, 3.63) is 94.4 Å². The lowest BCUT2D eigenvalue weighted by atomic mass is 10.0. The topological polar surface area (TPSA) is 65.8 Å². The first kappa shape index (κ1) is 19.8. The molecule has 1 amide bonds. The summed E-state index contributed by atoms with van der Waals surface area (Å²) >= 11 is 0. The minimum absolute atomic E-state index is 0.121. The molecule has 0 unspecified atom stereocenters. The number of alkyl halides is 3. The number of nitrogens with one attached hydrogen (secondary N) is 1. The summed E-state index contributed by atoms with van der Waals surface area (Å²) in [6.45, 7) is -7.20. The Morgan fingerprint density at radius 1 is 1.15 bits per heavy atom. The fourth-order valence-electron chi connectivity index (χ4n) is 3.85. The molecule has 5 rings (SSSR count). The third kappa shape index (κ3) is 6.11. The molecule has 1 N–H and O–H groups in total. The largest absolute Gasteiger partial charge is 0.416 e. The predicted octanol–water partition coefficient (Wildman–Crippen LogP) is 4.46. The van der Waals surface area contributed by atoms with Gasteiger partial charge >= 0.3 is 6.18 Å². The Kier molecular flexibility index (Phi) is 5.53. The summed E-state index contributed by atoms with van der Waals surface area (Å²) in [6, 6.07) is 10.8. The fraction of sp³-hybridized carbons (Fsp3) is 0.276. The van der Waals surface area contributed by atoms with Gasteiger partial charge in [-0.2, -0.15) is 18.3 Å². The van der Waals surface area contributed by atoms with E-state index in [0.717, 1.165) is 22.6 Å². The van der Waals surface area contributed by atoms with E-state index in [2.05, 4.69) is 27.2 Å². The van der Waals surface area contributed by atoms with E-state index >= 15 is 0 Å². The molecule has 0 bridgehead atoms. The summed E-state index contributed by atoms with van der Waals surface area (Å²) < 4.78 is 93.9. The molecular formula is C29H27F3N6O. The number of imidazole rings is 1. The molecule has 0 radical (unpaired) electrons. The number of hydrogen-bond donors (Lipinski definition) is 1. The smallest absolute Gasteiger partial charge is 0.322 e. The van der Waals surface area contributed by atoms with Crippen LogP contribution in [0.5, 0.6) is 0 Å². The number of aryl methyl sites for hydroxylation is 1. The van der Waals surface area contributed by atoms with Crippen LogP contribution in [-0.2, 0) is 12.7 Å². The van der Waals surface area contributed by atoms with Crippen molar-refractivity contribution in [3.8, 4) is 11.8 Å². The van der Waals surface area contributed by atoms with Crippen LogP contribution in [0.1, 0.15) is 46.5 Å². The maximum atomic E-state index is 14.3. The van der Waals surface area contributed by atoms with Crippen molar-refractivity contribution < 1.29 is 26.2 Å². The minimum Gasteiger partial charge on any atom is -0.322 e. The highest BCUT2D eigenvalue weighted by atomic mass is 19.4. The highest BCUT2D eigenvalue weighted by Gasteiger charge is 2.34. The maximum Gasteiger partial charge on any atom is 0.416 e. The lowest BCUT2D eigenvalue weighted by molar-refractivity contribution is -0.138. The molecule has 0 saturated carbocycles. The summed E-state index contributed by atoms with van der Waals surface area (Å²) in [5, 5.41) is 6.63. The molecule has 2 aromatic heterocycles. The normalized spacial score (nSPS) is 19.9. The van der Waals surface area contributed by atoms with Crippen LogP contribution in [0, 0.1) is 18.8 Å². The van der Waals surface area contributed by atoms with Gasteiger partial charge in [-0.15, -0.1) is 0 Å². The van der Waals surface area contributed by atoms with Crippen LogP contribution >= 0.6 is 0 Å². The lowest BCUT2D eigenvalue weighted by Gasteiger charge is -2.33. The molecule has 1 aliphatic heterocycles. The second kappa shape index (κ2) is 10.9. The third-order valence-corrected chi connectivity index (χ3v) is 5.96. The molecule has 7 nitrogen and oxygen atoms in total. The van der Waals surface area contributed by atoms with Crippen LogP contribution in [0.3, 0.4) is 0 Å². The monoisotopic (exact) mass is 538 g/mol. The van der Waals surface area contributed by atoms with Gasteiger partial charge in [-0.25, -0.2) is 9.50 Å². The molecular weight excluding hydrogens is 505 g/mol. The Morgan fingerprint density at radius 3 is 2.72 bits per heavy atom. The summed E-state index contributed by atoms with van der Waals surface area (Å²) in [4.78, 5) is 18.8. The van der Waals surface area contributed by atoms with Crippen molar-refractivity contribution in [1.82, 2.24) is 24.4 Å². The molecule has 0 spiro atoms. The van der Waals surface area contributed by atoms with Crippen molar-refractivity contribution in [3.63, 3.8) is 0 Å². The number of carbonyl (C=O) groups is 1. The zero-order valence-electron chi connectivity index (χ0n) is 27.0. The second-order valence-electron chi connectivity index (χ2n) is 8.77. The van der Waals surface area contributed by atoms with Crippen LogP contribution in [0.15, 0.2) is 60.9 Å². The SMILES string of the molecule is [2H]C1([2H])CN(C([2H])([2H])c2ccc(NC(=O)c3ccc(C)c(C#Cc4cnc5cccnn45)c3)cc2C(F)(F)F)CC([2H])([2H])N1C. The van der Waals surface area contributed by atoms with E-state index in [1.54, 1.807) is 42.0 Å². The number of amides is 1. The van der Waals surface area contributed by atoms with Gasteiger partial charge in [-0.3, -0.25) is 9.69 Å². The summed E-state index contributed by atoms with van der Waals surface area (Å²) in [6.07, 6.45) is -1.90. The summed E-state index contributed by atoms with van der Waals surface area (Å²) in [5.41, 5.74) is 0.0281. The van der Waals surface area contributed by atoms with Gasteiger partial charge in [-0.05, 0) is 67.4 Å². The van der Waals surface area contributed by atoms with E-state index in [1.807, 2.05) is 0 Å². The Balaban J connectivity index is 1.42. The van der Waals surface area contributed by atoms with Crippen LogP contribution in [0.2, 0.25) is 0 Å². The Morgan fingerprint density at radius 2 is 1.95 bits per heavy atom. The molecule has 1 saturated heterocycles. The molecule has 0 atom stereocenters. The minimum atomic E-state index is -5.05. The van der Waals surface area contributed by atoms with Crippen molar-refractivity contribution >= 4 is 17.2 Å². The van der Waals surface area contributed by atoms with Crippen molar-refractivity contribution in [2.24, 2.45) is 0 Å². The zero-order chi connectivity index (χ0) is 32.9. The number of anilines is 1. The molecule has 2 aromatic carbocycles. The maximum absolute atomic E-state index is 14.3. The van der Waals surface area contributed by atoms with Crippen molar-refractivity contribution in [1.29, 1.82) is 0 Å². The number of benzene rings is 2. The number of halogens is 3. The molecule has 200 valence electrons. The number of rotatable bonds is 4. The van der Waals surface area contributed by atoms with Crippen LogP contribution in [0.25, 0.3) is 5.65 Å². The van der Waals surface area contributed by atoms with Crippen molar-refractivity contribution in [2.45, 2.75) is 19.6 Å². The molecule has 39 heavy (non-hydrogen) atoms.